The summed E-state index contributed by atoms with van der Waals surface area (Å²) in [5, 5.41) is 0. The van der Waals surface area contributed by atoms with E-state index in [1.807, 2.05) is 51.4 Å². The van der Waals surface area contributed by atoms with Crippen molar-refractivity contribution in [1.29, 1.82) is 0 Å². The summed E-state index contributed by atoms with van der Waals surface area (Å²) in [6, 6.07) is 7.33. The lowest BCUT2D eigenvalue weighted by Gasteiger charge is -2.23. The number of Topliss-reactive ketones (excluding diaryl/α,β-unsaturated/α-hetero) is 1. The number of ketones is 1. The molecule has 45 heavy (non-hydrogen) atoms. The number of benzene rings is 1. The van der Waals surface area contributed by atoms with Gasteiger partial charge in [0.2, 0.25) is 0 Å². The predicted molar refractivity (Wildman–Crippen MR) is 182 cm³/mol. The Bertz CT molecular complexity index is 1540. The molecule has 0 saturated carbocycles. The van der Waals surface area contributed by atoms with Gasteiger partial charge in [-0.1, -0.05) is 54.3 Å². The van der Waals surface area contributed by atoms with Gasteiger partial charge in [0.25, 0.3) is 0 Å². The first kappa shape index (κ1) is 33.6. The highest BCUT2D eigenvalue weighted by atomic mass is 28.3. The molecule has 246 valence electrons. The Morgan fingerprint density at radius 2 is 1.89 bits per heavy atom. The fraction of sp³-hybridized carbons (Fsp3) is 0.629. The normalized spacial score (nSPS) is 19.9. The molecule has 0 amide bonds. The second-order valence-electron chi connectivity index (χ2n) is 16.2. The Kier molecular flexibility index (Phi) is 9.27. The van der Waals surface area contributed by atoms with Gasteiger partial charge in [-0.3, -0.25) is 4.79 Å². The van der Waals surface area contributed by atoms with Crippen LogP contribution in [0, 0.1) is 10.8 Å². The molecule has 0 aliphatic carbocycles. The second-order valence-corrected chi connectivity index (χ2v) is 21.8. The lowest BCUT2D eigenvalue weighted by molar-refractivity contribution is -0.141. The highest BCUT2D eigenvalue weighted by Gasteiger charge is 2.34. The van der Waals surface area contributed by atoms with Crippen LogP contribution < -0.4 is 9.64 Å². The van der Waals surface area contributed by atoms with Gasteiger partial charge in [0, 0.05) is 56.7 Å². The first-order valence-electron chi connectivity index (χ1n) is 16.2. The van der Waals surface area contributed by atoms with Crippen LogP contribution in [-0.4, -0.2) is 73.2 Å². The molecule has 10 heteroatoms. The van der Waals surface area contributed by atoms with Crippen LogP contribution in [0.1, 0.15) is 65.2 Å². The average molecular weight is 637 g/mol. The first-order chi connectivity index (χ1) is 20.9. The van der Waals surface area contributed by atoms with Crippen molar-refractivity contribution in [1.82, 2.24) is 14.5 Å². The molecule has 1 aromatic carbocycles. The summed E-state index contributed by atoms with van der Waals surface area (Å²) in [5.74, 6) is 0.158. The monoisotopic (exact) mass is 636 g/mol. The molecule has 9 nitrogen and oxygen atoms in total. The summed E-state index contributed by atoms with van der Waals surface area (Å²) in [5.41, 5.74) is 4.13. The van der Waals surface area contributed by atoms with E-state index in [0.717, 1.165) is 42.6 Å². The highest BCUT2D eigenvalue weighted by Crippen LogP contribution is 2.37. The molecule has 0 N–H and O–H groups in total. The average Bonchev–Trinajstić information content (AvgIpc) is 3.61. The minimum Gasteiger partial charge on any atom is -0.491 e. The molecule has 4 heterocycles. The van der Waals surface area contributed by atoms with Gasteiger partial charge < -0.3 is 28.4 Å². The number of fused-ring (bicyclic) bond motifs is 1. The topological polar surface area (TPSA) is 87.9 Å². The lowest BCUT2D eigenvalue weighted by Crippen LogP contribution is -2.25. The van der Waals surface area contributed by atoms with E-state index in [1.54, 1.807) is 6.20 Å². The van der Waals surface area contributed by atoms with E-state index >= 15 is 0 Å². The summed E-state index contributed by atoms with van der Waals surface area (Å²) in [6.45, 7) is 25.1. The van der Waals surface area contributed by atoms with Crippen molar-refractivity contribution in [2.24, 2.45) is 10.8 Å². The Morgan fingerprint density at radius 1 is 1.13 bits per heavy atom. The van der Waals surface area contributed by atoms with Crippen molar-refractivity contribution in [2.45, 2.75) is 99.2 Å². The summed E-state index contributed by atoms with van der Waals surface area (Å²) < 4.78 is 26.0. The van der Waals surface area contributed by atoms with E-state index < -0.39 is 19.3 Å². The molecule has 2 saturated heterocycles. The zero-order valence-corrected chi connectivity index (χ0v) is 30.0. The number of aromatic nitrogens is 3. The van der Waals surface area contributed by atoms with Crippen LogP contribution in [0.2, 0.25) is 25.7 Å². The van der Waals surface area contributed by atoms with Crippen molar-refractivity contribution in [2.75, 3.05) is 37.8 Å². The van der Waals surface area contributed by atoms with Gasteiger partial charge in [0.05, 0.1) is 24.1 Å². The Balaban J connectivity index is 1.50. The van der Waals surface area contributed by atoms with Crippen LogP contribution in [0.15, 0.2) is 30.6 Å². The predicted octanol–water partition coefficient (Wildman–Crippen LogP) is 7.41. The number of hydrogen-bond donors (Lipinski definition) is 0. The zero-order chi connectivity index (χ0) is 32.8. The maximum atomic E-state index is 13.6. The SMILES string of the molecule is CC1(C)CCN(c2cc(OCC3COC(C)(C)O3)cc(-c3cnc4c(n3)c(C(=O)C(C)(C)C)cn4COCC[Si](C)(C)C)c2)C1. The zero-order valence-electron chi connectivity index (χ0n) is 29.0. The van der Waals surface area contributed by atoms with Crippen molar-refractivity contribution < 1.29 is 23.7 Å². The van der Waals surface area contributed by atoms with Gasteiger partial charge in [-0.15, -0.1) is 0 Å². The van der Waals surface area contributed by atoms with Crippen LogP contribution in [0.5, 0.6) is 5.75 Å². The molecule has 3 aromatic rings. The van der Waals surface area contributed by atoms with E-state index in [1.165, 1.54) is 0 Å². The number of anilines is 1. The largest absolute Gasteiger partial charge is 0.491 e. The fourth-order valence-corrected chi connectivity index (χ4v) is 6.52. The smallest absolute Gasteiger partial charge is 0.171 e. The number of hydrogen-bond acceptors (Lipinski definition) is 8. The van der Waals surface area contributed by atoms with Gasteiger partial charge in [0.1, 0.15) is 30.7 Å². The van der Waals surface area contributed by atoms with E-state index in [9.17, 15) is 4.79 Å². The second kappa shape index (κ2) is 12.4. The number of ether oxygens (including phenoxy) is 4. The third-order valence-corrected chi connectivity index (χ3v) is 10.2. The molecule has 1 atom stereocenters. The Labute approximate surface area is 269 Å². The molecule has 2 aromatic heterocycles. The summed E-state index contributed by atoms with van der Waals surface area (Å²) in [4.78, 5) is 26.0. The fourth-order valence-electron chi connectivity index (χ4n) is 5.76. The highest BCUT2D eigenvalue weighted by molar-refractivity contribution is 6.76. The molecule has 2 fully saturated rings. The Hall–Kier alpha value is -2.79. The molecule has 2 aliphatic heterocycles. The van der Waals surface area contributed by atoms with Crippen LogP contribution in [0.4, 0.5) is 5.69 Å². The minimum atomic E-state index is -1.22. The van der Waals surface area contributed by atoms with Gasteiger partial charge >= 0.3 is 0 Å². The maximum Gasteiger partial charge on any atom is 0.171 e. The van der Waals surface area contributed by atoms with Crippen LogP contribution >= 0.6 is 0 Å². The van der Waals surface area contributed by atoms with Crippen molar-refractivity contribution in [3.05, 3.63) is 36.2 Å². The van der Waals surface area contributed by atoms with E-state index in [4.69, 9.17) is 28.9 Å². The quantitative estimate of drug-likeness (QED) is 0.122. The number of carbonyl (C=O) groups excluding carboxylic acids is 1. The summed E-state index contributed by atoms with van der Waals surface area (Å²) in [7, 11) is -1.22. The lowest BCUT2D eigenvalue weighted by atomic mass is 9.87. The first-order valence-corrected chi connectivity index (χ1v) is 19.9. The molecular formula is C35H52N4O5Si. The van der Waals surface area contributed by atoms with Crippen LogP contribution in [-0.2, 0) is 20.9 Å². The molecule has 5 rings (SSSR count). The third-order valence-electron chi connectivity index (χ3n) is 8.45. The molecule has 2 aliphatic rings. The summed E-state index contributed by atoms with van der Waals surface area (Å²) in [6.07, 6.45) is 4.62. The number of nitrogens with zero attached hydrogens (tertiary/aromatic N) is 4. The van der Waals surface area contributed by atoms with E-state index in [2.05, 4.69) is 50.5 Å². The number of rotatable bonds is 11. The van der Waals surface area contributed by atoms with Crippen molar-refractivity contribution in [3.63, 3.8) is 0 Å². The van der Waals surface area contributed by atoms with Crippen molar-refractivity contribution in [3.8, 4) is 17.0 Å². The maximum absolute atomic E-state index is 13.6. The van der Waals surface area contributed by atoms with E-state index in [0.29, 0.717) is 49.0 Å². The standard InChI is InChI=1S/C35H52N4O5Si/c1-33(2,3)31(40)28-19-39(23-41-13-14-45(8,9)10)32-30(28)37-29(18-36-32)24-15-25(38-12-11-34(4,5)22-38)17-26(16-24)42-20-27-21-43-35(6,7)44-27/h15-19,27H,11-14,20-23H2,1-10H3. The molecular weight excluding hydrogens is 584 g/mol. The van der Waals surface area contributed by atoms with Gasteiger partial charge in [0.15, 0.2) is 17.2 Å². The number of carbonyl (C=O) groups is 1. The molecule has 0 spiro atoms. The van der Waals surface area contributed by atoms with Crippen LogP contribution in [0.3, 0.4) is 0 Å². The van der Waals surface area contributed by atoms with Gasteiger partial charge in [-0.2, -0.15) is 0 Å². The Morgan fingerprint density at radius 3 is 2.51 bits per heavy atom. The van der Waals surface area contributed by atoms with Crippen molar-refractivity contribution >= 4 is 30.7 Å². The molecule has 0 radical (unpaired) electrons. The molecule has 0 bridgehead atoms. The minimum absolute atomic E-state index is 0.0265. The van der Waals surface area contributed by atoms with Gasteiger partial charge in [-0.05, 0) is 43.9 Å². The molecule has 1 unspecified atom stereocenters. The third kappa shape index (κ3) is 8.33. The van der Waals surface area contributed by atoms with E-state index in [-0.39, 0.29) is 17.3 Å². The van der Waals surface area contributed by atoms with Gasteiger partial charge in [-0.25, -0.2) is 9.97 Å². The van der Waals surface area contributed by atoms with Crippen LogP contribution in [0.25, 0.3) is 22.4 Å². The summed E-state index contributed by atoms with van der Waals surface area (Å²) >= 11 is 0.